The van der Waals surface area contributed by atoms with E-state index in [1.54, 1.807) is 32.0 Å². The van der Waals surface area contributed by atoms with Gasteiger partial charge < -0.3 is 25.7 Å². The van der Waals surface area contributed by atoms with Gasteiger partial charge in [-0.05, 0) is 27.8 Å². The van der Waals surface area contributed by atoms with Crippen molar-refractivity contribution in [1.82, 2.24) is 10.2 Å². The van der Waals surface area contributed by atoms with Crippen molar-refractivity contribution < 1.29 is 14.7 Å². The number of aliphatic hydroxyl groups excluding tert-OH is 1. The third-order valence-electron chi connectivity index (χ3n) is 3.01. The molecule has 1 unspecified atom stereocenters. The number of rotatable bonds is 9. The second kappa shape index (κ2) is 11.0. The maximum Gasteiger partial charge on any atom is 0.215 e. The molecule has 0 saturated heterocycles. The summed E-state index contributed by atoms with van der Waals surface area (Å²) in [5.74, 6) is 6.23. The fourth-order valence-corrected chi connectivity index (χ4v) is 1.61. The summed E-state index contributed by atoms with van der Waals surface area (Å²) in [4.78, 5) is 10.4. The molecule has 0 aromatic heterocycles. The first-order chi connectivity index (χ1) is 10.4. The lowest BCUT2D eigenvalue weighted by Crippen LogP contribution is -2.40. The van der Waals surface area contributed by atoms with Gasteiger partial charge in [-0.25, -0.2) is 0 Å². The van der Waals surface area contributed by atoms with E-state index in [0.717, 1.165) is 5.57 Å². The third-order valence-corrected chi connectivity index (χ3v) is 3.01. The van der Waals surface area contributed by atoms with Gasteiger partial charge in [0.15, 0.2) is 0 Å². The van der Waals surface area contributed by atoms with Crippen LogP contribution >= 0.6 is 0 Å². The van der Waals surface area contributed by atoms with E-state index in [2.05, 4.69) is 15.1 Å². The summed E-state index contributed by atoms with van der Waals surface area (Å²) in [5.41, 5.74) is 7.26. The number of hydrogen-bond donors (Lipinski definition) is 4. The predicted octanol–water partition coefficient (Wildman–Crippen LogP) is -0.125. The fourth-order valence-electron chi connectivity index (χ4n) is 1.61. The van der Waals surface area contributed by atoms with Crippen molar-refractivity contribution in [1.29, 1.82) is 0 Å². The second-order valence-corrected chi connectivity index (χ2v) is 4.71. The molecule has 0 radical (unpaired) electrons. The summed E-state index contributed by atoms with van der Waals surface area (Å²) in [6.07, 6.45) is 0.718. The van der Waals surface area contributed by atoms with Crippen LogP contribution in [0.1, 0.15) is 20.8 Å². The molecular weight excluding hydrogens is 286 g/mol. The molecule has 0 spiro atoms. The van der Waals surface area contributed by atoms with Crippen molar-refractivity contribution in [2.24, 2.45) is 16.6 Å². The van der Waals surface area contributed by atoms with Gasteiger partial charge in [-0.2, -0.15) is 5.90 Å². The highest BCUT2D eigenvalue weighted by atomic mass is 16.6. The largest absolute Gasteiger partial charge is 0.416 e. The van der Waals surface area contributed by atoms with E-state index in [0.29, 0.717) is 37.0 Å². The van der Waals surface area contributed by atoms with E-state index in [1.165, 1.54) is 0 Å². The van der Waals surface area contributed by atoms with Crippen molar-refractivity contribution in [3.8, 4) is 0 Å². The molecule has 22 heavy (non-hydrogen) atoms. The fraction of sp³-hybridized carbons (Fsp3) is 0.643. The molecule has 0 aliphatic rings. The normalized spacial score (nSPS) is 15.6. The number of nitrogens with one attached hydrogen (secondary N) is 1. The molecule has 0 saturated carbocycles. The van der Waals surface area contributed by atoms with E-state index < -0.39 is 6.41 Å². The Bertz CT molecular complexity index is 421. The van der Waals surface area contributed by atoms with Crippen molar-refractivity contribution in [3.05, 3.63) is 23.1 Å². The molecule has 0 heterocycles. The number of nitrogens with zero attached hydrogens (tertiary/aromatic N) is 2. The van der Waals surface area contributed by atoms with Crippen molar-refractivity contribution in [2.75, 3.05) is 33.8 Å². The van der Waals surface area contributed by atoms with Crippen LogP contribution in [0.2, 0.25) is 0 Å². The van der Waals surface area contributed by atoms with Gasteiger partial charge in [0.25, 0.3) is 0 Å². The quantitative estimate of drug-likeness (QED) is 0.117. The number of likely N-dealkylation sites (N-methyl/N-ethyl adjacent to an activating group) is 1. The molecule has 0 fully saturated rings. The van der Waals surface area contributed by atoms with Crippen molar-refractivity contribution in [3.63, 3.8) is 0 Å². The van der Waals surface area contributed by atoms with Gasteiger partial charge in [-0.1, -0.05) is 0 Å². The molecule has 0 amide bonds. The summed E-state index contributed by atoms with van der Waals surface area (Å²) >= 11 is 0. The zero-order chi connectivity index (χ0) is 17.1. The van der Waals surface area contributed by atoms with Crippen LogP contribution in [-0.2, 0) is 9.57 Å². The maximum atomic E-state index is 9.65. The summed E-state index contributed by atoms with van der Waals surface area (Å²) in [6, 6.07) is 0. The molecule has 6 N–H and O–H groups in total. The second-order valence-electron chi connectivity index (χ2n) is 4.71. The molecule has 0 aliphatic carbocycles. The minimum Gasteiger partial charge on any atom is -0.416 e. The number of aliphatic imine (C=N–C) groups is 1. The Hall–Kier alpha value is -1.61. The van der Waals surface area contributed by atoms with Crippen LogP contribution in [0.4, 0.5) is 0 Å². The van der Waals surface area contributed by atoms with Crippen molar-refractivity contribution >= 4 is 5.84 Å². The minimum atomic E-state index is -0.914. The lowest BCUT2D eigenvalue weighted by molar-refractivity contribution is -0.181. The van der Waals surface area contributed by atoms with Gasteiger partial charge in [0.2, 0.25) is 6.41 Å². The van der Waals surface area contributed by atoms with Crippen LogP contribution in [0.15, 0.2) is 28.1 Å². The SMILES string of the molecule is CCOC(O)N(C)CCNC(=N/C)/C(C)=C(N)/C=C(\C)ON. The summed E-state index contributed by atoms with van der Waals surface area (Å²) in [7, 11) is 3.44. The molecule has 0 rings (SSSR count). The molecule has 128 valence electrons. The third kappa shape index (κ3) is 7.41. The number of hydrogen-bond acceptors (Lipinski definition) is 7. The Morgan fingerprint density at radius 2 is 2.09 bits per heavy atom. The molecule has 0 aliphatic heterocycles. The smallest absolute Gasteiger partial charge is 0.215 e. The van der Waals surface area contributed by atoms with E-state index in [4.69, 9.17) is 16.4 Å². The van der Waals surface area contributed by atoms with Gasteiger partial charge in [0.1, 0.15) is 11.6 Å². The number of nitrogens with two attached hydrogens (primary N) is 2. The van der Waals surface area contributed by atoms with E-state index >= 15 is 0 Å². The van der Waals surface area contributed by atoms with Gasteiger partial charge in [0, 0.05) is 44.1 Å². The first kappa shape index (κ1) is 20.4. The molecule has 1 atom stereocenters. The predicted molar refractivity (Wildman–Crippen MR) is 87.5 cm³/mol. The van der Waals surface area contributed by atoms with Crippen LogP contribution in [0.25, 0.3) is 0 Å². The molecule has 0 bridgehead atoms. The average Bonchev–Trinajstić information content (AvgIpc) is 2.50. The van der Waals surface area contributed by atoms with Crippen LogP contribution in [0, 0.1) is 0 Å². The van der Waals surface area contributed by atoms with Gasteiger partial charge in [-0.15, -0.1) is 0 Å². The van der Waals surface area contributed by atoms with E-state index in [9.17, 15) is 5.11 Å². The standard InChI is InChI=1S/C14H29N5O3/c1-6-21-14(20)19(5)8-7-18-13(17-4)11(3)12(15)9-10(2)22-16/h9,14,20H,6-8,15-16H2,1-5H3,(H,17,18)/b10-9+,12-11-. The average molecular weight is 315 g/mol. The summed E-state index contributed by atoms with van der Waals surface area (Å²) in [5, 5.41) is 12.8. The highest BCUT2D eigenvalue weighted by Gasteiger charge is 2.11. The molecule has 8 heteroatoms. The molecular formula is C14H29N5O3. The number of ether oxygens (including phenoxy) is 1. The monoisotopic (exact) mass is 315 g/mol. The van der Waals surface area contributed by atoms with Crippen LogP contribution in [0.3, 0.4) is 0 Å². The van der Waals surface area contributed by atoms with Gasteiger partial charge in [0.05, 0.1) is 0 Å². The van der Waals surface area contributed by atoms with Crippen molar-refractivity contribution in [2.45, 2.75) is 27.2 Å². The van der Waals surface area contributed by atoms with Gasteiger partial charge >= 0.3 is 0 Å². The first-order valence-corrected chi connectivity index (χ1v) is 7.09. The maximum absolute atomic E-state index is 9.65. The Morgan fingerprint density at radius 3 is 2.59 bits per heavy atom. The number of amidine groups is 1. The Morgan fingerprint density at radius 1 is 1.45 bits per heavy atom. The summed E-state index contributed by atoms with van der Waals surface area (Å²) < 4.78 is 5.09. The Labute approximate surface area is 132 Å². The lowest BCUT2D eigenvalue weighted by Gasteiger charge is -2.23. The zero-order valence-corrected chi connectivity index (χ0v) is 14.1. The van der Waals surface area contributed by atoms with Crippen LogP contribution in [0.5, 0.6) is 0 Å². The highest BCUT2D eigenvalue weighted by Crippen LogP contribution is 2.04. The molecule has 0 aromatic rings. The summed E-state index contributed by atoms with van der Waals surface area (Å²) in [6.45, 7) is 6.99. The Balaban J connectivity index is 4.60. The molecule has 8 nitrogen and oxygen atoms in total. The number of aliphatic hydroxyl groups is 1. The lowest BCUT2D eigenvalue weighted by atomic mass is 10.2. The van der Waals surface area contributed by atoms with E-state index in [-0.39, 0.29) is 0 Å². The highest BCUT2D eigenvalue weighted by molar-refractivity contribution is 5.98. The first-order valence-electron chi connectivity index (χ1n) is 7.09. The minimum absolute atomic E-state index is 0.452. The topological polar surface area (TPSA) is 118 Å². The number of allylic oxidation sites excluding steroid dienone is 2. The molecule has 0 aromatic carbocycles. The Kier molecular flexibility index (Phi) is 10.2. The van der Waals surface area contributed by atoms with Gasteiger partial charge in [-0.3, -0.25) is 9.89 Å². The van der Waals surface area contributed by atoms with Crippen LogP contribution in [-0.4, -0.2) is 56.0 Å². The zero-order valence-electron chi connectivity index (χ0n) is 14.1. The van der Waals surface area contributed by atoms with E-state index in [1.807, 2.05) is 13.8 Å². The van der Waals surface area contributed by atoms with Crippen LogP contribution < -0.4 is 16.9 Å².